The zero-order valence-electron chi connectivity index (χ0n) is 15.1. The van der Waals surface area contributed by atoms with Crippen molar-refractivity contribution in [3.05, 3.63) is 35.2 Å². The highest BCUT2D eigenvalue weighted by Gasteiger charge is 2.19. The molecule has 1 fully saturated rings. The monoisotopic (exact) mass is 489 g/mol. The lowest BCUT2D eigenvalue weighted by Gasteiger charge is -2.33. The quantitative estimate of drug-likeness (QED) is 0.401. The summed E-state index contributed by atoms with van der Waals surface area (Å²) in [5, 5.41) is 8.08. The number of nitrogens with one attached hydrogen (secondary N) is 1. The van der Waals surface area contributed by atoms with Gasteiger partial charge in [-0.25, -0.2) is 0 Å². The average molecular weight is 490 g/mol. The summed E-state index contributed by atoms with van der Waals surface area (Å²) < 4.78 is 5.34. The molecule has 0 saturated carbocycles. The van der Waals surface area contributed by atoms with E-state index in [4.69, 9.17) is 16.1 Å². The van der Waals surface area contributed by atoms with Gasteiger partial charge in [0, 0.05) is 43.7 Å². The van der Waals surface area contributed by atoms with E-state index in [1.807, 2.05) is 31.3 Å². The van der Waals surface area contributed by atoms with Crippen LogP contribution in [0.15, 0.2) is 33.8 Å². The van der Waals surface area contributed by atoms with Crippen LogP contribution in [0.4, 0.5) is 0 Å². The summed E-state index contributed by atoms with van der Waals surface area (Å²) in [5.41, 5.74) is 0.855. The molecular formula is C18H25ClIN5O. The summed E-state index contributed by atoms with van der Waals surface area (Å²) in [4.78, 5) is 11.1. The lowest BCUT2D eigenvalue weighted by atomic mass is 10.0. The minimum Gasteiger partial charge on any atom is -0.356 e. The molecule has 0 spiro atoms. The Hall–Kier alpha value is -1.35. The number of hydrogen-bond acceptors (Lipinski definition) is 4. The van der Waals surface area contributed by atoms with Crippen molar-refractivity contribution < 1.29 is 4.52 Å². The molecular weight excluding hydrogens is 465 g/mol. The summed E-state index contributed by atoms with van der Waals surface area (Å²) in [7, 11) is 1.82. The third kappa shape index (κ3) is 5.57. The molecule has 1 atom stereocenters. The highest BCUT2D eigenvalue weighted by molar-refractivity contribution is 14.0. The number of nitrogens with zero attached hydrogens (tertiary/aromatic N) is 4. The van der Waals surface area contributed by atoms with E-state index in [9.17, 15) is 0 Å². The molecule has 8 heteroatoms. The van der Waals surface area contributed by atoms with Crippen molar-refractivity contribution in [2.45, 2.75) is 26.2 Å². The van der Waals surface area contributed by atoms with Gasteiger partial charge in [0.05, 0.1) is 0 Å². The summed E-state index contributed by atoms with van der Waals surface area (Å²) >= 11 is 6.01. The average Bonchev–Trinajstić information content (AvgIpc) is 3.08. The molecule has 0 radical (unpaired) electrons. The highest BCUT2D eigenvalue weighted by Crippen LogP contribution is 2.20. The van der Waals surface area contributed by atoms with Crippen molar-refractivity contribution in [1.29, 1.82) is 0 Å². The Bertz CT molecular complexity index is 736. The Labute approximate surface area is 176 Å². The van der Waals surface area contributed by atoms with E-state index in [2.05, 4.69) is 32.3 Å². The van der Waals surface area contributed by atoms with Crippen LogP contribution in [0.25, 0.3) is 11.4 Å². The molecule has 6 nitrogen and oxygen atoms in total. The van der Waals surface area contributed by atoms with E-state index in [1.165, 1.54) is 12.8 Å². The molecule has 1 aromatic heterocycles. The lowest BCUT2D eigenvalue weighted by molar-refractivity contribution is 0.266. The van der Waals surface area contributed by atoms with Crippen molar-refractivity contribution in [2.75, 3.05) is 26.7 Å². The highest BCUT2D eigenvalue weighted by atomic mass is 127. The second-order valence-corrected chi connectivity index (χ2v) is 6.88. The summed E-state index contributed by atoms with van der Waals surface area (Å²) in [6.45, 7) is 5.10. The van der Waals surface area contributed by atoms with Gasteiger partial charge in [-0.1, -0.05) is 35.8 Å². The third-order valence-electron chi connectivity index (χ3n) is 4.34. The number of halogens is 2. The number of hydrogen-bond donors (Lipinski definition) is 1. The first-order chi connectivity index (χ1) is 12.2. The number of rotatable bonds is 4. The van der Waals surface area contributed by atoms with Crippen molar-refractivity contribution in [3.8, 4) is 11.4 Å². The van der Waals surface area contributed by atoms with E-state index < -0.39 is 0 Å². The lowest BCUT2D eigenvalue weighted by Crippen LogP contribution is -2.46. The molecule has 142 valence electrons. The molecule has 1 aliphatic rings. The smallest absolute Gasteiger partial charge is 0.228 e. The minimum absolute atomic E-state index is 0. The van der Waals surface area contributed by atoms with Crippen LogP contribution in [-0.2, 0) is 6.42 Å². The molecule has 1 aliphatic heterocycles. The van der Waals surface area contributed by atoms with Gasteiger partial charge >= 0.3 is 0 Å². The van der Waals surface area contributed by atoms with Crippen molar-refractivity contribution in [3.63, 3.8) is 0 Å². The molecule has 26 heavy (non-hydrogen) atoms. The Balaban J connectivity index is 0.00000243. The minimum atomic E-state index is 0. The van der Waals surface area contributed by atoms with Gasteiger partial charge in [0.15, 0.2) is 5.96 Å². The van der Waals surface area contributed by atoms with Crippen LogP contribution in [-0.4, -0.2) is 47.7 Å². The van der Waals surface area contributed by atoms with E-state index >= 15 is 0 Å². The Morgan fingerprint density at radius 2 is 2.31 bits per heavy atom. The topological polar surface area (TPSA) is 66.5 Å². The molecule has 3 rings (SSSR count). The van der Waals surface area contributed by atoms with Crippen LogP contribution >= 0.6 is 35.6 Å². The van der Waals surface area contributed by atoms with E-state index in [0.717, 1.165) is 24.6 Å². The van der Waals surface area contributed by atoms with E-state index in [0.29, 0.717) is 35.6 Å². The number of piperidine rings is 1. The third-order valence-corrected chi connectivity index (χ3v) is 4.58. The zero-order valence-corrected chi connectivity index (χ0v) is 18.2. The molecule has 1 unspecified atom stereocenters. The van der Waals surface area contributed by atoms with Gasteiger partial charge in [0.25, 0.3) is 0 Å². The molecule has 2 heterocycles. The Morgan fingerprint density at radius 3 is 3.04 bits per heavy atom. The first-order valence-electron chi connectivity index (χ1n) is 8.70. The first kappa shape index (κ1) is 21.0. The molecule has 0 amide bonds. The predicted octanol–water partition coefficient (Wildman–Crippen LogP) is 3.86. The van der Waals surface area contributed by atoms with Crippen molar-refractivity contribution in [2.24, 2.45) is 10.9 Å². The fraction of sp³-hybridized carbons (Fsp3) is 0.500. The number of aliphatic imine (C=N–C) groups is 1. The number of likely N-dealkylation sites (tertiary alicyclic amines) is 1. The normalized spacial score (nSPS) is 17.7. The molecule has 0 aliphatic carbocycles. The summed E-state index contributed by atoms with van der Waals surface area (Å²) in [6.07, 6.45) is 3.16. The standard InChI is InChI=1S/C18H24ClN5O.HI/c1-13-5-4-10-24(12-13)18(20-2)21-9-8-16-22-17(23-25-16)14-6-3-7-15(19)11-14;/h3,6-7,11,13H,4-5,8-10,12H2,1-2H3,(H,20,21);1H. The van der Waals surface area contributed by atoms with Crippen LogP contribution in [0.3, 0.4) is 0 Å². The maximum atomic E-state index is 6.01. The van der Waals surface area contributed by atoms with Gasteiger partial charge in [-0.3, -0.25) is 4.99 Å². The molecule has 1 N–H and O–H groups in total. The van der Waals surface area contributed by atoms with Crippen LogP contribution in [0.1, 0.15) is 25.7 Å². The van der Waals surface area contributed by atoms with Gasteiger partial charge in [0.2, 0.25) is 11.7 Å². The molecule has 2 aromatic rings. The van der Waals surface area contributed by atoms with Crippen molar-refractivity contribution >= 4 is 41.5 Å². The van der Waals surface area contributed by atoms with Gasteiger partial charge in [-0.05, 0) is 30.9 Å². The SMILES string of the molecule is CN=C(NCCc1nc(-c2cccc(Cl)c2)no1)N1CCCC(C)C1.I. The van der Waals surface area contributed by atoms with Crippen molar-refractivity contribution in [1.82, 2.24) is 20.4 Å². The second-order valence-electron chi connectivity index (χ2n) is 6.44. The molecule has 0 bridgehead atoms. The number of benzene rings is 1. The Morgan fingerprint density at radius 1 is 1.46 bits per heavy atom. The number of aromatic nitrogens is 2. The van der Waals surface area contributed by atoms with Gasteiger partial charge in [-0.2, -0.15) is 4.98 Å². The fourth-order valence-electron chi connectivity index (χ4n) is 3.10. The van der Waals surface area contributed by atoms with Crippen LogP contribution in [0.5, 0.6) is 0 Å². The maximum Gasteiger partial charge on any atom is 0.228 e. The predicted molar refractivity (Wildman–Crippen MR) is 115 cm³/mol. The summed E-state index contributed by atoms with van der Waals surface area (Å²) in [6, 6.07) is 7.44. The summed E-state index contributed by atoms with van der Waals surface area (Å²) in [5.74, 6) is 2.82. The largest absolute Gasteiger partial charge is 0.356 e. The van der Waals surface area contributed by atoms with Crippen LogP contribution in [0.2, 0.25) is 5.02 Å². The van der Waals surface area contributed by atoms with Gasteiger partial charge < -0.3 is 14.7 Å². The van der Waals surface area contributed by atoms with Crippen LogP contribution in [0, 0.1) is 5.92 Å². The van der Waals surface area contributed by atoms with E-state index in [1.54, 1.807) is 0 Å². The van der Waals surface area contributed by atoms with Gasteiger partial charge in [-0.15, -0.1) is 24.0 Å². The molecule has 1 saturated heterocycles. The number of guanidine groups is 1. The van der Waals surface area contributed by atoms with Gasteiger partial charge in [0.1, 0.15) is 0 Å². The maximum absolute atomic E-state index is 6.01. The Kier molecular flexibility index (Phi) is 8.15. The zero-order chi connectivity index (χ0) is 17.6. The molecule has 1 aromatic carbocycles. The van der Waals surface area contributed by atoms with E-state index in [-0.39, 0.29) is 24.0 Å². The first-order valence-corrected chi connectivity index (χ1v) is 9.07. The fourth-order valence-corrected chi connectivity index (χ4v) is 3.29. The van der Waals surface area contributed by atoms with Crippen LogP contribution < -0.4 is 5.32 Å². The second kappa shape index (κ2) is 10.1.